The Labute approximate surface area is 314 Å². The minimum absolute atomic E-state index is 0.0449. The van der Waals surface area contributed by atoms with E-state index in [-0.39, 0.29) is 46.9 Å². The lowest BCUT2D eigenvalue weighted by atomic mass is 9.45. The van der Waals surface area contributed by atoms with Crippen molar-refractivity contribution in [3.05, 3.63) is 57.7 Å². The number of phenols is 1. The van der Waals surface area contributed by atoms with Crippen LogP contribution in [0.25, 0.3) is 6.08 Å². The van der Waals surface area contributed by atoms with Crippen LogP contribution in [0.3, 0.4) is 0 Å². The fourth-order valence-corrected chi connectivity index (χ4v) is 10.4. The summed E-state index contributed by atoms with van der Waals surface area (Å²) < 4.78 is 27.4. The fourth-order valence-electron chi connectivity index (χ4n) is 10.4. The van der Waals surface area contributed by atoms with Gasteiger partial charge in [0.25, 0.3) is 0 Å². The van der Waals surface area contributed by atoms with E-state index in [9.17, 15) is 14.7 Å². The van der Waals surface area contributed by atoms with Crippen LogP contribution in [0.1, 0.15) is 122 Å². The summed E-state index contributed by atoms with van der Waals surface area (Å²) in [4.78, 5) is 45.8. The zero-order valence-corrected chi connectivity index (χ0v) is 33.0. The van der Waals surface area contributed by atoms with Gasteiger partial charge in [0.05, 0.1) is 23.2 Å². The van der Waals surface area contributed by atoms with Crippen LogP contribution in [-0.4, -0.2) is 76.2 Å². The number of hydrogen-bond acceptors (Lipinski definition) is 8. The zero-order chi connectivity index (χ0) is 38.2. The van der Waals surface area contributed by atoms with Gasteiger partial charge in [-0.2, -0.15) is 0 Å². The van der Waals surface area contributed by atoms with Crippen molar-refractivity contribution in [3.8, 4) is 17.2 Å². The number of rotatable bonds is 9. The second kappa shape index (κ2) is 13.3. The number of fused-ring (bicyclic) bond motifs is 2. The molecule has 4 aliphatic heterocycles. The largest absolute Gasteiger partial charge is 0.506 e. The van der Waals surface area contributed by atoms with Gasteiger partial charge >= 0.3 is 0 Å². The standard InChI is InChI=1S/C44H57NO8/c1-25(2)14-13-19-42(8)20-18-28-34(46)32-35(47)33-38(50-9)30-24-31-41(6,7)53-43(39(30)48,21-17-27(5)40(49)45-22-11-10-12-23-45)44(31,33)52-37(32)29(36(28)51-42)16-15-26(3)4/h14-15,17-18,20,30-31,33,38,46H,10-13,16,19,21-24H2,1-9H3/b27-17-. The average molecular weight is 728 g/mol. The highest BCUT2D eigenvalue weighted by molar-refractivity contribution is 6.10. The third-order valence-corrected chi connectivity index (χ3v) is 12.9. The van der Waals surface area contributed by atoms with Crippen LogP contribution in [0.15, 0.2) is 41.0 Å². The number of benzene rings is 1. The summed E-state index contributed by atoms with van der Waals surface area (Å²) in [6, 6.07) is 0. The molecule has 9 heteroatoms. The number of hydrogen-bond donors (Lipinski definition) is 1. The van der Waals surface area contributed by atoms with E-state index in [1.165, 1.54) is 12.7 Å². The normalized spacial score (nSPS) is 33.4. The average Bonchev–Trinajstić information content (AvgIpc) is 3.25. The van der Waals surface area contributed by atoms with Crippen molar-refractivity contribution in [3.63, 3.8) is 0 Å². The lowest BCUT2D eigenvalue weighted by Crippen LogP contribution is -2.80. The maximum absolute atomic E-state index is 15.3. The molecule has 9 nitrogen and oxygen atoms in total. The highest BCUT2D eigenvalue weighted by Gasteiger charge is 2.85. The number of ether oxygens (including phenoxy) is 4. The maximum atomic E-state index is 15.3. The van der Waals surface area contributed by atoms with Gasteiger partial charge in [-0.15, -0.1) is 0 Å². The van der Waals surface area contributed by atoms with Crippen LogP contribution in [-0.2, 0) is 25.5 Å². The molecule has 4 bridgehead atoms. The van der Waals surface area contributed by atoms with Crippen molar-refractivity contribution < 1.29 is 38.4 Å². The number of allylic oxidation sites excluding steroid dienone is 4. The van der Waals surface area contributed by atoms with Crippen molar-refractivity contribution in [1.29, 1.82) is 0 Å². The van der Waals surface area contributed by atoms with Crippen LogP contribution >= 0.6 is 0 Å². The number of carbonyl (C=O) groups is 3. The Balaban J connectivity index is 1.41. The number of piperidine rings is 1. The third-order valence-electron chi connectivity index (χ3n) is 12.9. The topological polar surface area (TPSA) is 112 Å². The molecule has 7 atom stereocenters. The van der Waals surface area contributed by atoms with Gasteiger partial charge in [0.2, 0.25) is 5.91 Å². The van der Waals surface area contributed by atoms with Crippen LogP contribution in [0.2, 0.25) is 0 Å². The SMILES string of the molecule is COC1C2CC3C(C)(C)OC(C/C=C(/C)C(=O)N4CCCCC4)(C2=O)C32Oc3c(CC=C(C)C)c4c(c(O)c3C(=O)C12)C=CC(C)(CCC=C(C)C)O4. The first-order valence-corrected chi connectivity index (χ1v) is 19.5. The first-order chi connectivity index (χ1) is 25.0. The van der Waals surface area contributed by atoms with Gasteiger partial charge in [0.1, 0.15) is 28.4 Å². The Morgan fingerprint density at radius 1 is 0.981 bits per heavy atom. The number of methoxy groups -OCH3 is 1. The van der Waals surface area contributed by atoms with Gasteiger partial charge < -0.3 is 29.0 Å². The zero-order valence-electron chi connectivity index (χ0n) is 33.0. The van der Waals surface area contributed by atoms with Crippen molar-refractivity contribution >= 4 is 23.5 Å². The van der Waals surface area contributed by atoms with Crippen LogP contribution in [0.5, 0.6) is 17.2 Å². The minimum Gasteiger partial charge on any atom is -0.506 e. The monoisotopic (exact) mass is 727 g/mol. The quantitative estimate of drug-likeness (QED) is 0.202. The predicted molar refractivity (Wildman–Crippen MR) is 203 cm³/mol. The highest BCUT2D eigenvalue weighted by Crippen LogP contribution is 2.70. The van der Waals surface area contributed by atoms with E-state index in [0.717, 1.165) is 31.3 Å². The minimum atomic E-state index is -1.57. The maximum Gasteiger partial charge on any atom is 0.249 e. The van der Waals surface area contributed by atoms with E-state index in [1.54, 1.807) is 6.92 Å². The van der Waals surface area contributed by atoms with Gasteiger partial charge in [-0.1, -0.05) is 29.4 Å². The summed E-state index contributed by atoms with van der Waals surface area (Å²) in [5.41, 5.74) is -0.512. The molecular weight excluding hydrogens is 670 g/mol. The molecule has 7 unspecified atom stereocenters. The van der Waals surface area contributed by atoms with Crippen LogP contribution in [0, 0.1) is 17.8 Å². The second-order valence-electron chi connectivity index (χ2n) is 17.5. The Kier molecular flexibility index (Phi) is 9.41. The molecule has 8 rings (SSSR count). The first kappa shape index (κ1) is 37.6. The van der Waals surface area contributed by atoms with Crippen LogP contribution < -0.4 is 9.47 Å². The van der Waals surface area contributed by atoms with Crippen molar-refractivity contribution in [1.82, 2.24) is 4.90 Å². The van der Waals surface area contributed by atoms with E-state index >= 15 is 4.79 Å². The molecule has 286 valence electrons. The Morgan fingerprint density at radius 2 is 1.68 bits per heavy atom. The lowest BCUT2D eigenvalue weighted by Gasteiger charge is -2.62. The van der Waals surface area contributed by atoms with Gasteiger partial charge in [0.15, 0.2) is 22.8 Å². The fraction of sp³-hybridized carbons (Fsp3) is 0.614. The summed E-state index contributed by atoms with van der Waals surface area (Å²) in [5, 5.41) is 12.1. The third kappa shape index (κ3) is 5.66. The van der Waals surface area contributed by atoms with Crippen molar-refractivity contribution in [2.24, 2.45) is 17.8 Å². The molecule has 4 heterocycles. The molecule has 1 aromatic carbocycles. The molecule has 1 aromatic rings. The smallest absolute Gasteiger partial charge is 0.249 e. The molecule has 7 aliphatic rings. The molecule has 3 aliphatic carbocycles. The number of ketones is 2. The summed E-state index contributed by atoms with van der Waals surface area (Å²) in [5.74, 6) is -1.90. The molecule has 53 heavy (non-hydrogen) atoms. The van der Waals surface area contributed by atoms with E-state index < -0.39 is 40.3 Å². The van der Waals surface area contributed by atoms with Gasteiger partial charge in [-0.3, -0.25) is 14.4 Å². The van der Waals surface area contributed by atoms with Gasteiger partial charge in [-0.05, 0) is 112 Å². The lowest BCUT2D eigenvalue weighted by molar-refractivity contribution is -0.224. The van der Waals surface area contributed by atoms with E-state index in [0.29, 0.717) is 54.8 Å². The van der Waals surface area contributed by atoms with E-state index in [1.807, 2.05) is 57.7 Å². The van der Waals surface area contributed by atoms with Crippen molar-refractivity contribution in [2.75, 3.05) is 20.2 Å². The number of aromatic hydroxyl groups is 1. The Hall–Kier alpha value is -3.69. The van der Waals surface area contributed by atoms with E-state index in [2.05, 4.69) is 26.0 Å². The summed E-state index contributed by atoms with van der Waals surface area (Å²) in [6.45, 7) is 17.4. The van der Waals surface area contributed by atoms with Crippen LogP contribution in [0.4, 0.5) is 0 Å². The Bertz CT molecular complexity index is 1850. The number of carbonyl (C=O) groups excluding carboxylic acids is 3. The number of nitrogens with zero attached hydrogens (tertiary/aromatic N) is 1. The second-order valence-corrected chi connectivity index (χ2v) is 17.5. The molecule has 1 N–H and O–H groups in total. The summed E-state index contributed by atoms with van der Waals surface area (Å²) in [6.07, 6.45) is 14.6. The molecule has 1 spiro atoms. The Morgan fingerprint density at radius 3 is 2.34 bits per heavy atom. The number of amides is 1. The summed E-state index contributed by atoms with van der Waals surface area (Å²) in [7, 11) is 1.54. The molecule has 3 saturated carbocycles. The number of phenolic OH excluding ortho intramolecular Hbond substituents is 1. The van der Waals surface area contributed by atoms with E-state index in [4.69, 9.17) is 18.9 Å². The molecular formula is C44H57NO8. The molecule has 2 saturated heterocycles. The van der Waals surface area contributed by atoms with Gasteiger partial charge in [-0.25, -0.2) is 0 Å². The molecule has 5 fully saturated rings. The predicted octanol–water partition coefficient (Wildman–Crippen LogP) is 7.87. The van der Waals surface area contributed by atoms with Crippen molar-refractivity contribution in [2.45, 2.75) is 135 Å². The molecule has 0 aromatic heterocycles. The number of likely N-dealkylation sites (tertiary alicyclic amines) is 1. The number of Topliss-reactive ketones (excluding diaryl/α,β-unsaturated/α-hetero) is 2. The molecule has 1 amide bonds. The van der Waals surface area contributed by atoms with Gasteiger partial charge in [0, 0.05) is 49.6 Å². The highest BCUT2D eigenvalue weighted by atomic mass is 16.6. The first-order valence-electron chi connectivity index (χ1n) is 19.5. The molecule has 0 radical (unpaired) electrons. The summed E-state index contributed by atoms with van der Waals surface area (Å²) >= 11 is 0.